The van der Waals surface area contributed by atoms with Gasteiger partial charge in [-0.2, -0.15) is 0 Å². The second-order valence-electron chi connectivity index (χ2n) is 3.97. The lowest BCUT2D eigenvalue weighted by Gasteiger charge is -2.25. The summed E-state index contributed by atoms with van der Waals surface area (Å²) in [5, 5.41) is 10.3. The summed E-state index contributed by atoms with van der Waals surface area (Å²) < 4.78 is 27.2. The fourth-order valence-electron chi connectivity index (χ4n) is 1.67. The van der Waals surface area contributed by atoms with Gasteiger partial charge in [0.1, 0.15) is 16.4 Å². The lowest BCUT2D eigenvalue weighted by Crippen LogP contribution is -2.16. The highest BCUT2D eigenvalue weighted by Gasteiger charge is 2.39. The van der Waals surface area contributed by atoms with Crippen molar-refractivity contribution < 1.29 is 23.5 Å². The van der Waals surface area contributed by atoms with E-state index in [1.807, 2.05) is 0 Å². The number of alkyl halides is 1. The topological polar surface area (TPSA) is 65.0 Å². The molecule has 0 aliphatic heterocycles. The van der Waals surface area contributed by atoms with Gasteiger partial charge in [0, 0.05) is 0 Å². The van der Waals surface area contributed by atoms with Crippen LogP contribution in [-0.2, 0) is 13.6 Å². The molecule has 0 saturated carbocycles. The number of aliphatic hydroxyl groups is 1. The largest absolute Gasteiger partial charge is 0.497 e. The maximum atomic E-state index is 12.6. The monoisotopic (exact) mass is 366 g/mol. The smallest absolute Gasteiger partial charge is 0.347 e. The van der Waals surface area contributed by atoms with Gasteiger partial charge in [0.05, 0.1) is 20.3 Å². The molecule has 114 valence electrons. The standard InChI is InChI=1S/C13H20BrO5P/c1-4-18-20(16,19-5-2)13(14)12(15)10-6-8-11(17-3)9-7-10/h6-9,12-13,15H,4-5H2,1-3H3/t12-,13-/m1/s1. The Morgan fingerprint density at radius 1 is 1.20 bits per heavy atom. The summed E-state index contributed by atoms with van der Waals surface area (Å²) in [5.74, 6) is 0.685. The highest BCUT2D eigenvalue weighted by Crippen LogP contribution is 2.59. The van der Waals surface area contributed by atoms with E-state index in [0.29, 0.717) is 11.3 Å². The highest BCUT2D eigenvalue weighted by atomic mass is 79.9. The third-order valence-electron chi connectivity index (χ3n) is 2.64. The van der Waals surface area contributed by atoms with Gasteiger partial charge in [0.15, 0.2) is 0 Å². The van der Waals surface area contributed by atoms with Crippen molar-refractivity contribution in [2.45, 2.75) is 24.5 Å². The molecular weight excluding hydrogens is 347 g/mol. The molecule has 0 aliphatic carbocycles. The van der Waals surface area contributed by atoms with Crippen molar-refractivity contribution in [1.82, 2.24) is 0 Å². The number of hydrogen-bond acceptors (Lipinski definition) is 5. The molecule has 0 spiro atoms. The average Bonchev–Trinajstić information content (AvgIpc) is 2.46. The molecule has 0 heterocycles. The summed E-state index contributed by atoms with van der Waals surface area (Å²) in [5.41, 5.74) is 0.604. The number of hydrogen-bond donors (Lipinski definition) is 1. The van der Waals surface area contributed by atoms with E-state index in [1.54, 1.807) is 45.2 Å². The lowest BCUT2D eigenvalue weighted by atomic mass is 10.1. The summed E-state index contributed by atoms with van der Waals surface area (Å²) in [6.45, 7) is 3.94. The van der Waals surface area contributed by atoms with E-state index < -0.39 is 18.3 Å². The summed E-state index contributed by atoms with van der Waals surface area (Å²) in [7, 11) is -1.85. The maximum absolute atomic E-state index is 12.6. The van der Waals surface area contributed by atoms with Gasteiger partial charge < -0.3 is 18.9 Å². The van der Waals surface area contributed by atoms with Crippen molar-refractivity contribution in [3.8, 4) is 5.75 Å². The predicted molar refractivity (Wildman–Crippen MR) is 81.5 cm³/mol. The molecule has 1 aromatic carbocycles. The first-order chi connectivity index (χ1) is 9.48. The lowest BCUT2D eigenvalue weighted by molar-refractivity contribution is 0.163. The van der Waals surface area contributed by atoms with Crippen molar-refractivity contribution in [3.63, 3.8) is 0 Å². The van der Waals surface area contributed by atoms with Gasteiger partial charge in [-0.05, 0) is 31.5 Å². The third-order valence-corrected chi connectivity index (χ3v) is 6.77. The number of ether oxygens (including phenoxy) is 1. The van der Waals surface area contributed by atoms with E-state index >= 15 is 0 Å². The second-order valence-corrected chi connectivity index (χ2v) is 7.81. The minimum absolute atomic E-state index is 0.245. The quantitative estimate of drug-likeness (QED) is 0.561. The number of benzene rings is 1. The van der Waals surface area contributed by atoms with E-state index in [9.17, 15) is 9.67 Å². The molecule has 20 heavy (non-hydrogen) atoms. The van der Waals surface area contributed by atoms with E-state index in [-0.39, 0.29) is 13.2 Å². The first-order valence-corrected chi connectivity index (χ1v) is 8.86. The fraction of sp³-hybridized carbons (Fsp3) is 0.538. The molecule has 1 N–H and O–H groups in total. The number of rotatable bonds is 8. The minimum atomic E-state index is -3.42. The molecule has 0 unspecified atom stereocenters. The van der Waals surface area contributed by atoms with Gasteiger partial charge in [0.2, 0.25) is 0 Å². The Hall–Kier alpha value is -0.390. The first kappa shape index (κ1) is 17.7. The summed E-state index contributed by atoms with van der Waals surface area (Å²) in [6.07, 6.45) is -1.01. The van der Waals surface area contributed by atoms with E-state index in [1.165, 1.54) is 0 Å². The van der Waals surface area contributed by atoms with Crippen LogP contribution in [0.3, 0.4) is 0 Å². The maximum Gasteiger partial charge on any atom is 0.347 e. The molecule has 1 rings (SSSR count). The molecule has 0 amide bonds. The number of halogens is 1. The summed E-state index contributed by atoms with van der Waals surface area (Å²) >= 11 is 3.25. The van der Waals surface area contributed by atoms with Crippen LogP contribution in [0.5, 0.6) is 5.75 Å². The summed E-state index contributed by atoms with van der Waals surface area (Å²) in [4.78, 5) is 0. The second kappa shape index (κ2) is 8.15. The molecule has 2 atom stereocenters. The Kier molecular flexibility index (Phi) is 7.20. The van der Waals surface area contributed by atoms with Crippen LogP contribution in [0.4, 0.5) is 0 Å². The van der Waals surface area contributed by atoms with Gasteiger partial charge >= 0.3 is 7.60 Å². The third kappa shape index (κ3) is 4.30. The molecule has 0 aliphatic rings. The zero-order valence-electron chi connectivity index (χ0n) is 11.8. The van der Waals surface area contributed by atoms with Crippen LogP contribution in [0.25, 0.3) is 0 Å². The number of aliphatic hydroxyl groups excluding tert-OH is 1. The Labute approximate surface area is 127 Å². The molecular formula is C13H20BrO5P. The summed E-state index contributed by atoms with van der Waals surface area (Å²) in [6, 6.07) is 6.87. The SMILES string of the molecule is CCOP(=O)(OCC)[C@@H](Br)[C@H](O)c1ccc(OC)cc1. The Balaban J connectivity index is 2.92. The number of methoxy groups -OCH3 is 1. The molecule has 0 bridgehead atoms. The Morgan fingerprint density at radius 2 is 1.70 bits per heavy atom. The predicted octanol–water partition coefficient (Wildman–Crippen LogP) is 3.72. The zero-order valence-corrected chi connectivity index (χ0v) is 14.3. The molecule has 5 nitrogen and oxygen atoms in total. The molecule has 0 fully saturated rings. The van der Waals surface area contributed by atoms with Gasteiger partial charge in [0.25, 0.3) is 0 Å². The fourth-order valence-corrected chi connectivity index (χ4v) is 4.28. The van der Waals surface area contributed by atoms with E-state index in [0.717, 1.165) is 0 Å². The zero-order chi connectivity index (χ0) is 15.2. The Bertz CT molecular complexity index is 441. The molecule has 0 aromatic heterocycles. The van der Waals surface area contributed by atoms with E-state index in [2.05, 4.69) is 15.9 Å². The minimum Gasteiger partial charge on any atom is -0.497 e. The average molecular weight is 367 g/mol. The first-order valence-electron chi connectivity index (χ1n) is 6.33. The molecule has 1 aromatic rings. The van der Waals surface area contributed by atoms with Crippen LogP contribution < -0.4 is 4.74 Å². The normalized spacial score (nSPS) is 14.8. The van der Waals surface area contributed by atoms with Crippen LogP contribution in [0, 0.1) is 0 Å². The molecule has 0 saturated heterocycles. The van der Waals surface area contributed by atoms with Crippen LogP contribution >= 0.6 is 23.5 Å². The highest BCUT2D eigenvalue weighted by molar-refractivity contribution is 9.10. The Morgan fingerprint density at radius 3 is 2.10 bits per heavy atom. The van der Waals surface area contributed by atoms with Gasteiger partial charge in [-0.1, -0.05) is 28.1 Å². The van der Waals surface area contributed by atoms with Crippen LogP contribution in [0.1, 0.15) is 25.5 Å². The van der Waals surface area contributed by atoms with Crippen molar-refractivity contribution >= 4 is 23.5 Å². The molecule has 7 heteroatoms. The van der Waals surface area contributed by atoms with Gasteiger partial charge in [-0.15, -0.1) is 0 Å². The van der Waals surface area contributed by atoms with Crippen molar-refractivity contribution in [1.29, 1.82) is 0 Å². The van der Waals surface area contributed by atoms with Crippen LogP contribution in [0.15, 0.2) is 24.3 Å². The molecule has 0 radical (unpaired) electrons. The van der Waals surface area contributed by atoms with Gasteiger partial charge in [-0.25, -0.2) is 0 Å². The van der Waals surface area contributed by atoms with Crippen molar-refractivity contribution in [2.75, 3.05) is 20.3 Å². The van der Waals surface area contributed by atoms with Gasteiger partial charge in [-0.3, -0.25) is 4.57 Å². The van der Waals surface area contributed by atoms with Crippen molar-refractivity contribution in [3.05, 3.63) is 29.8 Å². The van der Waals surface area contributed by atoms with Crippen LogP contribution in [-0.4, -0.2) is 30.0 Å². The van der Waals surface area contributed by atoms with E-state index in [4.69, 9.17) is 13.8 Å². The van der Waals surface area contributed by atoms with Crippen molar-refractivity contribution in [2.24, 2.45) is 0 Å². The van der Waals surface area contributed by atoms with Crippen LogP contribution in [0.2, 0.25) is 0 Å².